The molecule has 2 aromatic rings. The van der Waals surface area contributed by atoms with Crippen molar-refractivity contribution in [2.45, 2.75) is 32.2 Å². The van der Waals surface area contributed by atoms with E-state index >= 15 is 0 Å². The van der Waals surface area contributed by atoms with Crippen molar-refractivity contribution in [3.05, 3.63) is 48.0 Å². The summed E-state index contributed by atoms with van der Waals surface area (Å²) in [5.74, 6) is 0. The highest BCUT2D eigenvalue weighted by Gasteiger charge is 2.10. The summed E-state index contributed by atoms with van der Waals surface area (Å²) in [5, 5.41) is 15.2. The van der Waals surface area contributed by atoms with Gasteiger partial charge in [0.05, 0.1) is 18.0 Å². The van der Waals surface area contributed by atoms with Gasteiger partial charge in [0, 0.05) is 44.0 Å². The van der Waals surface area contributed by atoms with Crippen LogP contribution in [0.15, 0.2) is 52.4 Å². The molecule has 0 saturated heterocycles. The van der Waals surface area contributed by atoms with Gasteiger partial charge in [0.1, 0.15) is 0 Å². The molecule has 0 unspecified atom stereocenters. The number of rotatable bonds is 9. The topological polar surface area (TPSA) is 59.9 Å². The second kappa shape index (κ2) is 10.5. The quantitative estimate of drug-likeness (QED) is 0.323. The number of nitrogens with one attached hydrogen (secondary N) is 2. The Morgan fingerprint density at radius 3 is 2.46 bits per heavy atom. The van der Waals surface area contributed by atoms with Crippen LogP contribution in [-0.2, 0) is 6.54 Å². The van der Waals surface area contributed by atoms with E-state index in [0.717, 1.165) is 23.6 Å². The summed E-state index contributed by atoms with van der Waals surface area (Å²) in [7, 11) is 3.98. The Morgan fingerprint density at radius 2 is 1.86 bits per heavy atom. The lowest BCUT2D eigenvalue weighted by molar-refractivity contribution is 0.292. The second-order valence-corrected chi connectivity index (χ2v) is 8.91. The molecule has 28 heavy (non-hydrogen) atoms. The molecule has 0 amide bonds. The Morgan fingerprint density at radius 1 is 1.14 bits per heavy atom. The van der Waals surface area contributed by atoms with Gasteiger partial charge in [-0.1, -0.05) is 32.9 Å². The van der Waals surface area contributed by atoms with Crippen LogP contribution in [-0.4, -0.2) is 38.6 Å². The fourth-order valence-electron chi connectivity index (χ4n) is 2.49. The highest BCUT2D eigenvalue weighted by atomic mass is 32.2. The molecule has 0 atom stereocenters. The summed E-state index contributed by atoms with van der Waals surface area (Å²) in [4.78, 5) is 5.87. The molecule has 0 radical (unpaired) electrons. The first-order valence-corrected chi connectivity index (χ1v) is 10.3. The van der Waals surface area contributed by atoms with E-state index in [1.807, 2.05) is 13.3 Å². The van der Waals surface area contributed by atoms with Gasteiger partial charge in [-0.05, 0) is 53.3 Å². The first-order chi connectivity index (χ1) is 13.3. The van der Waals surface area contributed by atoms with Crippen molar-refractivity contribution in [2.24, 2.45) is 10.4 Å². The van der Waals surface area contributed by atoms with Crippen LogP contribution in [0.3, 0.4) is 0 Å². The highest BCUT2D eigenvalue weighted by molar-refractivity contribution is 8.00. The second-order valence-electron chi connectivity index (χ2n) is 7.71. The number of aliphatic hydroxyl groups is 1. The Bertz CT molecular complexity index is 769. The van der Waals surface area contributed by atoms with Gasteiger partial charge >= 0.3 is 0 Å². The molecule has 2 aromatic carbocycles. The predicted molar refractivity (Wildman–Crippen MR) is 123 cm³/mol. The molecule has 0 aliphatic heterocycles. The van der Waals surface area contributed by atoms with Gasteiger partial charge in [-0.2, -0.15) is 0 Å². The molecule has 0 saturated carbocycles. The van der Waals surface area contributed by atoms with Crippen molar-refractivity contribution in [1.82, 2.24) is 5.32 Å². The Balaban J connectivity index is 2.09. The molecule has 3 N–H and O–H groups in total. The summed E-state index contributed by atoms with van der Waals surface area (Å²) in [6.07, 6.45) is 1.99. The Kier molecular flexibility index (Phi) is 8.35. The summed E-state index contributed by atoms with van der Waals surface area (Å²) in [6.45, 7) is 7.97. The van der Waals surface area contributed by atoms with E-state index in [2.05, 4.69) is 85.2 Å². The number of aliphatic hydroxyl groups excluding tert-OH is 1. The van der Waals surface area contributed by atoms with Gasteiger partial charge < -0.3 is 20.0 Å². The van der Waals surface area contributed by atoms with Crippen LogP contribution in [0.4, 0.5) is 17.1 Å². The summed E-state index contributed by atoms with van der Waals surface area (Å²) in [5.41, 5.74) is 4.29. The molecule has 0 aromatic heterocycles. The molecular formula is C22H32N4OS. The summed E-state index contributed by atoms with van der Waals surface area (Å²) in [6, 6.07) is 14.7. The normalized spacial score (nSPS) is 11.8. The molecule has 0 heterocycles. The van der Waals surface area contributed by atoms with Crippen molar-refractivity contribution in [2.75, 3.05) is 36.9 Å². The fourth-order valence-corrected chi connectivity index (χ4v) is 3.28. The van der Waals surface area contributed by atoms with Crippen LogP contribution in [0, 0.1) is 5.41 Å². The van der Waals surface area contributed by atoms with Crippen LogP contribution in [0.25, 0.3) is 0 Å². The lowest BCUT2D eigenvalue weighted by Gasteiger charge is -2.20. The Hall–Kier alpha value is -2.02. The molecule has 6 heteroatoms. The minimum Gasteiger partial charge on any atom is -0.395 e. The van der Waals surface area contributed by atoms with Crippen molar-refractivity contribution in [3.8, 4) is 0 Å². The number of anilines is 2. The zero-order valence-electron chi connectivity index (χ0n) is 17.5. The van der Waals surface area contributed by atoms with E-state index in [1.54, 1.807) is 11.9 Å². The van der Waals surface area contributed by atoms with Gasteiger partial charge in [-0.15, -0.1) is 0 Å². The fraction of sp³-hybridized carbons (Fsp3) is 0.409. The van der Waals surface area contributed by atoms with Crippen molar-refractivity contribution < 1.29 is 5.11 Å². The standard InChI is InChI=1S/C22H32N4OS/c1-22(2,3)16-25-21-14-18(8-11-20(21)23-4)26(5)28-19-9-6-17(7-10-19)15-24-12-13-27/h6-11,14,16,23-24,27H,12-13,15H2,1-5H3. The Labute approximate surface area is 173 Å². The lowest BCUT2D eigenvalue weighted by atomic mass is 9.99. The zero-order valence-corrected chi connectivity index (χ0v) is 18.3. The third kappa shape index (κ3) is 7.19. The maximum Gasteiger partial charge on any atom is 0.0878 e. The molecule has 0 spiro atoms. The monoisotopic (exact) mass is 400 g/mol. The molecule has 0 fully saturated rings. The average Bonchev–Trinajstić information content (AvgIpc) is 2.67. The number of aliphatic imine (C=N–C) groups is 1. The van der Waals surface area contributed by atoms with Gasteiger partial charge in [0.15, 0.2) is 0 Å². The first-order valence-electron chi connectivity index (χ1n) is 9.51. The van der Waals surface area contributed by atoms with Gasteiger partial charge in [-0.3, -0.25) is 4.99 Å². The van der Waals surface area contributed by atoms with E-state index < -0.39 is 0 Å². The number of benzene rings is 2. The molecule has 0 aliphatic rings. The molecule has 0 aliphatic carbocycles. The van der Waals surface area contributed by atoms with Crippen LogP contribution in [0.2, 0.25) is 0 Å². The van der Waals surface area contributed by atoms with Gasteiger partial charge in [-0.25, -0.2) is 0 Å². The van der Waals surface area contributed by atoms with Crippen LogP contribution >= 0.6 is 11.9 Å². The molecule has 152 valence electrons. The van der Waals surface area contributed by atoms with Crippen LogP contribution in [0.1, 0.15) is 26.3 Å². The van der Waals surface area contributed by atoms with Crippen molar-refractivity contribution >= 4 is 35.2 Å². The minimum absolute atomic E-state index is 0.0372. The summed E-state index contributed by atoms with van der Waals surface area (Å²) < 4.78 is 2.15. The molecule has 0 bridgehead atoms. The predicted octanol–water partition coefficient (Wildman–Crippen LogP) is 4.70. The van der Waals surface area contributed by atoms with E-state index in [4.69, 9.17) is 10.1 Å². The maximum absolute atomic E-state index is 8.84. The largest absolute Gasteiger partial charge is 0.395 e. The van der Waals surface area contributed by atoms with E-state index in [1.165, 1.54) is 10.5 Å². The highest BCUT2D eigenvalue weighted by Crippen LogP contribution is 2.34. The first kappa shape index (κ1) is 22.3. The molecule has 5 nitrogen and oxygen atoms in total. The number of hydrogen-bond acceptors (Lipinski definition) is 6. The van der Waals surface area contributed by atoms with E-state index in [0.29, 0.717) is 6.54 Å². The maximum atomic E-state index is 8.84. The SMILES string of the molecule is CNc1ccc(N(C)Sc2ccc(CNCCO)cc2)cc1N=CC(C)(C)C. The lowest BCUT2D eigenvalue weighted by Crippen LogP contribution is -2.17. The van der Waals surface area contributed by atoms with Crippen molar-refractivity contribution in [3.63, 3.8) is 0 Å². The zero-order chi connectivity index (χ0) is 20.6. The summed E-state index contributed by atoms with van der Waals surface area (Å²) >= 11 is 1.68. The number of nitrogens with zero attached hydrogens (tertiary/aromatic N) is 2. The van der Waals surface area contributed by atoms with Crippen molar-refractivity contribution in [1.29, 1.82) is 0 Å². The molecule has 2 rings (SSSR count). The third-order valence-corrected chi connectivity index (χ3v) is 4.96. The smallest absolute Gasteiger partial charge is 0.0878 e. The van der Waals surface area contributed by atoms with Gasteiger partial charge in [0.2, 0.25) is 0 Å². The molecular weight excluding hydrogens is 368 g/mol. The average molecular weight is 401 g/mol. The third-order valence-electron chi connectivity index (χ3n) is 3.99. The van der Waals surface area contributed by atoms with E-state index in [-0.39, 0.29) is 12.0 Å². The van der Waals surface area contributed by atoms with E-state index in [9.17, 15) is 0 Å². The van der Waals surface area contributed by atoms with Gasteiger partial charge in [0.25, 0.3) is 0 Å². The van der Waals surface area contributed by atoms with Crippen LogP contribution in [0.5, 0.6) is 0 Å². The van der Waals surface area contributed by atoms with Crippen LogP contribution < -0.4 is 14.9 Å². The number of hydrogen-bond donors (Lipinski definition) is 3. The minimum atomic E-state index is 0.0372.